The van der Waals surface area contributed by atoms with Crippen molar-refractivity contribution < 1.29 is 4.79 Å². The van der Waals surface area contributed by atoms with Gasteiger partial charge in [0.05, 0.1) is 6.04 Å². The first-order valence-electron chi connectivity index (χ1n) is 9.93. The van der Waals surface area contributed by atoms with Crippen molar-refractivity contribution in [1.82, 2.24) is 9.80 Å². The Morgan fingerprint density at radius 1 is 0.714 bits per heavy atom. The number of rotatable bonds is 4. The number of amides is 1. The average Bonchev–Trinajstić information content (AvgIpc) is 2.76. The number of benzene rings is 3. The van der Waals surface area contributed by atoms with E-state index in [1.165, 1.54) is 11.1 Å². The van der Waals surface area contributed by atoms with Gasteiger partial charge in [-0.25, -0.2) is 0 Å². The largest absolute Gasteiger partial charge is 0.336 e. The normalized spacial score (nSPS) is 15.0. The van der Waals surface area contributed by atoms with E-state index in [1.54, 1.807) is 0 Å². The quantitative estimate of drug-likeness (QED) is 0.673. The molecule has 1 fully saturated rings. The summed E-state index contributed by atoms with van der Waals surface area (Å²) in [6.45, 7) is 5.25. The van der Waals surface area contributed by atoms with E-state index < -0.39 is 0 Å². The van der Waals surface area contributed by atoms with Crippen molar-refractivity contribution in [2.45, 2.75) is 13.0 Å². The summed E-state index contributed by atoms with van der Waals surface area (Å²) in [4.78, 5) is 17.4. The standard InChI is InChI=1S/C25H26N2O/c1-20-10-8-9-15-23(20)25(28)27-18-16-26(17-19-27)24(21-11-4-2-5-12-21)22-13-6-3-7-14-22/h2-15,24H,16-19H2,1H3. The van der Waals surface area contributed by atoms with E-state index in [4.69, 9.17) is 0 Å². The Morgan fingerprint density at radius 3 is 1.75 bits per heavy atom. The van der Waals surface area contributed by atoms with Crippen molar-refractivity contribution in [1.29, 1.82) is 0 Å². The van der Waals surface area contributed by atoms with E-state index in [2.05, 4.69) is 65.6 Å². The van der Waals surface area contributed by atoms with Crippen molar-refractivity contribution >= 4 is 5.91 Å². The van der Waals surface area contributed by atoms with Crippen LogP contribution in [0.15, 0.2) is 84.9 Å². The molecule has 0 aromatic heterocycles. The van der Waals surface area contributed by atoms with Crippen LogP contribution in [0.5, 0.6) is 0 Å². The molecule has 0 saturated carbocycles. The molecule has 0 atom stereocenters. The SMILES string of the molecule is Cc1ccccc1C(=O)N1CCN(C(c2ccccc2)c2ccccc2)CC1. The summed E-state index contributed by atoms with van der Waals surface area (Å²) in [7, 11) is 0. The highest BCUT2D eigenvalue weighted by atomic mass is 16.2. The lowest BCUT2D eigenvalue weighted by molar-refractivity contribution is 0.0596. The van der Waals surface area contributed by atoms with Crippen molar-refractivity contribution in [3.05, 3.63) is 107 Å². The molecule has 1 saturated heterocycles. The zero-order valence-electron chi connectivity index (χ0n) is 16.3. The number of hydrogen-bond donors (Lipinski definition) is 0. The number of aryl methyl sites for hydroxylation is 1. The molecule has 28 heavy (non-hydrogen) atoms. The number of nitrogens with zero attached hydrogens (tertiary/aromatic N) is 2. The van der Waals surface area contributed by atoms with Gasteiger partial charge in [-0.05, 0) is 29.7 Å². The lowest BCUT2D eigenvalue weighted by atomic mass is 9.96. The van der Waals surface area contributed by atoms with Gasteiger partial charge in [0, 0.05) is 31.7 Å². The van der Waals surface area contributed by atoms with E-state index in [-0.39, 0.29) is 11.9 Å². The summed E-state index contributed by atoms with van der Waals surface area (Å²) in [5.74, 6) is 0.147. The van der Waals surface area contributed by atoms with E-state index >= 15 is 0 Å². The fourth-order valence-electron chi connectivity index (χ4n) is 4.05. The Morgan fingerprint density at radius 2 is 1.21 bits per heavy atom. The van der Waals surface area contributed by atoms with Crippen LogP contribution in [0.3, 0.4) is 0 Å². The third-order valence-electron chi connectivity index (χ3n) is 5.57. The molecular weight excluding hydrogens is 344 g/mol. The summed E-state index contributed by atoms with van der Waals surface area (Å²) < 4.78 is 0. The van der Waals surface area contributed by atoms with Crippen LogP contribution in [0, 0.1) is 6.92 Å². The van der Waals surface area contributed by atoms with Crippen LogP contribution in [0.25, 0.3) is 0 Å². The van der Waals surface area contributed by atoms with Gasteiger partial charge in [-0.3, -0.25) is 9.69 Å². The van der Waals surface area contributed by atoms with Gasteiger partial charge in [0.2, 0.25) is 0 Å². The predicted octanol–water partition coefficient (Wildman–Crippen LogP) is 4.54. The monoisotopic (exact) mass is 370 g/mol. The van der Waals surface area contributed by atoms with Crippen LogP contribution >= 0.6 is 0 Å². The predicted molar refractivity (Wildman–Crippen MR) is 113 cm³/mol. The topological polar surface area (TPSA) is 23.6 Å². The van der Waals surface area contributed by atoms with Crippen LogP contribution < -0.4 is 0 Å². The molecule has 3 heteroatoms. The van der Waals surface area contributed by atoms with Gasteiger partial charge in [-0.15, -0.1) is 0 Å². The molecule has 3 nitrogen and oxygen atoms in total. The maximum absolute atomic E-state index is 12.9. The number of piperazine rings is 1. The van der Waals surface area contributed by atoms with Gasteiger partial charge in [-0.2, -0.15) is 0 Å². The van der Waals surface area contributed by atoms with Crippen molar-refractivity contribution in [2.24, 2.45) is 0 Å². The summed E-state index contributed by atoms with van der Waals surface area (Å²) in [5, 5.41) is 0. The second-order valence-electron chi connectivity index (χ2n) is 7.37. The first kappa shape index (κ1) is 18.5. The van der Waals surface area contributed by atoms with Crippen molar-refractivity contribution in [3.63, 3.8) is 0 Å². The summed E-state index contributed by atoms with van der Waals surface area (Å²) >= 11 is 0. The molecule has 1 heterocycles. The highest BCUT2D eigenvalue weighted by molar-refractivity contribution is 5.95. The molecule has 0 aliphatic carbocycles. The smallest absolute Gasteiger partial charge is 0.254 e. The summed E-state index contributed by atoms with van der Waals surface area (Å²) in [6.07, 6.45) is 0. The van der Waals surface area contributed by atoms with E-state index in [0.29, 0.717) is 0 Å². The fraction of sp³-hybridized carbons (Fsp3) is 0.240. The Kier molecular flexibility index (Phi) is 5.54. The number of carbonyl (C=O) groups is 1. The molecule has 1 aliphatic rings. The molecule has 1 aliphatic heterocycles. The van der Waals surface area contributed by atoms with E-state index in [0.717, 1.165) is 37.3 Å². The van der Waals surface area contributed by atoms with E-state index in [9.17, 15) is 4.79 Å². The minimum Gasteiger partial charge on any atom is -0.336 e. The first-order chi connectivity index (χ1) is 13.7. The molecule has 0 radical (unpaired) electrons. The highest BCUT2D eigenvalue weighted by Gasteiger charge is 2.28. The average molecular weight is 370 g/mol. The highest BCUT2D eigenvalue weighted by Crippen LogP contribution is 2.29. The Balaban J connectivity index is 1.52. The van der Waals surface area contributed by atoms with Gasteiger partial charge in [0.15, 0.2) is 0 Å². The maximum Gasteiger partial charge on any atom is 0.254 e. The van der Waals surface area contributed by atoms with Crippen molar-refractivity contribution in [2.75, 3.05) is 26.2 Å². The lowest BCUT2D eigenvalue weighted by Gasteiger charge is -2.40. The molecule has 0 bridgehead atoms. The van der Waals surface area contributed by atoms with Crippen LogP contribution in [0.2, 0.25) is 0 Å². The molecule has 1 amide bonds. The molecule has 0 spiro atoms. The number of carbonyl (C=O) groups excluding carboxylic acids is 1. The zero-order chi connectivity index (χ0) is 19.3. The molecule has 0 N–H and O–H groups in total. The Bertz CT molecular complexity index is 876. The Labute approximate surface area is 167 Å². The third-order valence-corrected chi connectivity index (χ3v) is 5.57. The van der Waals surface area contributed by atoms with E-state index in [1.807, 2.05) is 36.1 Å². The maximum atomic E-state index is 12.9. The fourth-order valence-corrected chi connectivity index (χ4v) is 4.05. The van der Waals surface area contributed by atoms with Gasteiger partial charge in [0.25, 0.3) is 5.91 Å². The summed E-state index contributed by atoms with van der Waals surface area (Å²) in [5.41, 5.74) is 4.46. The molecular formula is C25H26N2O. The minimum absolute atomic E-state index is 0.147. The first-order valence-corrected chi connectivity index (χ1v) is 9.93. The minimum atomic E-state index is 0.147. The molecule has 142 valence electrons. The second kappa shape index (κ2) is 8.41. The zero-order valence-corrected chi connectivity index (χ0v) is 16.3. The van der Waals surface area contributed by atoms with Gasteiger partial charge in [0.1, 0.15) is 0 Å². The van der Waals surface area contributed by atoms with Crippen LogP contribution in [0.4, 0.5) is 0 Å². The Hall–Kier alpha value is -2.91. The molecule has 3 aromatic carbocycles. The van der Waals surface area contributed by atoms with Crippen molar-refractivity contribution in [3.8, 4) is 0 Å². The summed E-state index contributed by atoms with van der Waals surface area (Å²) in [6, 6.07) is 29.4. The molecule has 3 aromatic rings. The van der Waals surface area contributed by atoms with Crippen LogP contribution in [-0.2, 0) is 0 Å². The van der Waals surface area contributed by atoms with Crippen LogP contribution in [-0.4, -0.2) is 41.9 Å². The van der Waals surface area contributed by atoms with Gasteiger partial charge in [-0.1, -0.05) is 78.9 Å². The second-order valence-corrected chi connectivity index (χ2v) is 7.37. The van der Waals surface area contributed by atoms with Crippen LogP contribution in [0.1, 0.15) is 33.1 Å². The molecule has 4 rings (SSSR count). The third kappa shape index (κ3) is 3.85. The molecule has 0 unspecified atom stereocenters. The lowest BCUT2D eigenvalue weighted by Crippen LogP contribution is -2.50. The van der Waals surface area contributed by atoms with Gasteiger partial charge >= 0.3 is 0 Å². The number of hydrogen-bond acceptors (Lipinski definition) is 2. The van der Waals surface area contributed by atoms with Gasteiger partial charge < -0.3 is 4.90 Å².